The molecule has 0 aliphatic heterocycles. The molecule has 154 valence electrons. The number of aliphatic hydroxyl groups excluding tert-OH is 1. The van der Waals surface area contributed by atoms with Gasteiger partial charge in [-0.25, -0.2) is 0 Å². The Morgan fingerprint density at radius 1 is 1.04 bits per heavy atom. The lowest BCUT2D eigenvalue weighted by Gasteiger charge is -2.27. The molecule has 28 heavy (non-hydrogen) atoms. The van der Waals surface area contributed by atoms with E-state index in [2.05, 4.69) is 13.8 Å². The Bertz CT molecular complexity index is 743. The van der Waals surface area contributed by atoms with Crippen LogP contribution in [0.5, 0.6) is 11.5 Å². The van der Waals surface area contributed by atoms with Crippen LogP contribution in [0.2, 0.25) is 10.0 Å². The van der Waals surface area contributed by atoms with Crippen LogP contribution in [-0.4, -0.2) is 36.8 Å². The molecule has 1 unspecified atom stereocenters. The zero-order chi connectivity index (χ0) is 20.7. The summed E-state index contributed by atoms with van der Waals surface area (Å²) in [6, 6.07) is 11.6. The third kappa shape index (κ3) is 5.91. The zero-order valence-corrected chi connectivity index (χ0v) is 18.3. The van der Waals surface area contributed by atoms with E-state index in [4.69, 9.17) is 50.0 Å². The number of aliphatic hydroxyl groups is 1. The molecular formula is C21H26Cl3NO3. The van der Waals surface area contributed by atoms with Crippen molar-refractivity contribution in [2.45, 2.75) is 31.8 Å². The number of hydrogen-bond acceptors (Lipinski definition) is 4. The number of ether oxygens (including phenoxy) is 2. The molecule has 0 heterocycles. The number of hydrogen-bond donors (Lipinski definition) is 2. The van der Waals surface area contributed by atoms with Crippen molar-refractivity contribution in [3.63, 3.8) is 0 Å². The van der Waals surface area contributed by atoms with Crippen LogP contribution in [0.25, 0.3) is 0 Å². The quantitative estimate of drug-likeness (QED) is 0.397. The first kappa shape index (κ1) is 23.1. The molecule has 0 amide bonds. The van der Waals surface area contributed by atoms with Gasteiger partial charge in [0.2, 0.25) is 0 Å². The van der Waals surface area contributed by atoms with Gasteiger partial charge in [-0.15, -0.1) is 11.6 Å². The van der Waals surface area contributed by atoms with Crippen molar-refractivity contribution in [2.75, 3.05) is 25.6 Å². The van der Waals surface area contributed by atoms with Crippen molar-refractivity contribution >= 4 is 34.8 Å². The molecule has 0 saturated heterocycles. The number of halogens is 3. The minimum absolute atomic E-state index is 0.0251. The molecule has 7 heteroatoms. The van der Waals surface area contributed by atoms with E-state index in [1.807, 2.05) is 36.4 Å². The maximum absolute atomic E-state index is 9.56. The molecule has 2 aromatic rings. The molecule has 4 nitrogen and oxygen atoms in total. The SMILES string of the molecule is CC(C)(c1ccc(OCCCN)cc1)c1cc(Cl)c(OCC(O)CCl)c(Cl)c1. The average Bonchev–Trinajstić information content (AvgIpc) is 2.67. The topological polar surface area (TPSA) is 64.7 Å². The Labute approximate surface area is 181 Å². The highest BCUT2D eigenvalue weighted by Gasteiger charge is 2.26. The lowest BCUT2D eigenvalue weighted by atomic mass is 9.78. The summed E-state index contributed by atoms with van der Waals surface area (Å²) >= 11 is 18.4. The van der Waals surface area contributed by atoms with Crippen LogP contribution in [0.1, 0.15) is 31.4 Å². The van der Waals surface area contributed by atoms with Crippen molar-refractivity contribution < 1.29 is 14.6 Å². The van der Waals surface area contributed by atoms with E-state index < -0.39 is 6.10 Å². The summed E-state index contributed by atoms with van der Waals surface area (Å²) < 4.78 is 11.2. The van der Waals surface area contributed by atoms with E-state index in [9.17, 15) is 5.11 Å². The number of rotatable bonds is 10. The average molecular weight is 447 g/mol. The van der Waals surface area contributed by atoms with Gasteiger partial charge < -0.3 is 20.3 Å². The second-order valence-electron chi connectivity index (χ2n) is 7.03. The summed E-state index contributed by atoms with van der Waals surface area (Å²) in [4.78, 5) is 0. The van der Waals surface area contributed by atoms with Crippen LogP contribution in [-0.2, 0) is 5.41 Å². The Morgan fingerprint density at radius 3 is 2.18 bits per heavy atom. The van der Waals surface area contributed by atoms with E-state index in [-0.39, 0.29) is 17.9 Å². The van der Waals surface area contributed by atoms with Crippen LogP contribution in [0.3, 0.4) is 0 Å². The van der Waals surface area contributed by atoms with Crippen LogP contribution in [0, 0.1) is 0 Å². The smallest absolute Gasteiger partial charge is 0.156 e. The maximum Gasteiger partial charge on any atom is 0.156 e. The summed E-state index contributed by atoms with van der Waals surface area (Å²) in [6.45, 7) is 5.42. The van der Waals surface area contributed by atoms with Crippen molar-refractivity contribution in [1.29, 1.82) is 0 Å². The van der Waals surface area contributed by atoms with E-state index in [1.54, 1.807) is 0 Å². The third-order valence-corrected chi connectivity index (χ3v) is 5.43. The summed E-state index contributed by atoms with van der Waals surface area (Å²) in [7, 11) is 0. The molecule has 0 aromatic heterocycles. The molecular weight excluding hydrogens is 421 g/mol. The minimum atomic E-state index is -0.782. The van der Waals surface area contributed by atoms with Gasteiger partial charge in [0.15, 0.2) is 5.75 Å². The van der Waals surface area contributed by atoms with Crippen LogP contribution in [0.4, 0.5) is 0 Å². The molecule has 0 aliphatic rings. The Kier molecular flexibility index (Phi) is 8.72. The van der Waals surface area contributed by atoms with Crippen molar-refractivity contribution in [3.8, 4) is 11.5 Å². The summed E-state index contributed by atoms with van der Waals surface area (Å²) in [5, 5.41) is 10.3. The fraction of sp³-hybridized carbons (Fsp3) is 0.429. The monoisotopic (exact) mass is 445 g/mol. The molecule has 0 saturated carbocycles. The molecule has 2 rings (SSSR count). The molecule has 0 aliphatic carbocycles. The van der Waals surface area contributed by atoms with Gasteiger partial charge in [-0.3, -0.25) is 0 Å². The Morgan fingerprint density at radius 2 is 1.64 bits per heavy atom. The van der Waals surface area contributed by atoms with Gasteiger partial charge in [-0.2, -0.15) is 0 Å². The van der Waals surface area contributed by atoms with Crippen LogP contribution < -0.4 is 15.2 Å². The van der Waals surface area contributed by atoms with Gasteiger partial charge in [0.05, 0.1) is 22.5 Å². The number of nitrogens with two attached hydrogens (primary N) is 1. The minimum Gasteiger partial charge on any atom is -0.494 e. The highest BCUT2D eigenvalue weighted by Crippen LogP contribution is 2.40. The van der Waals surface area contributed by atoms with Gasteiger partial charge >= 0.3 is 0 Å². The molecule has 1 atom stereocenters. The Hall–Kier alpha value is -1.17. The molecule has 0 spiro atoms. The first-order valence-electron chi connectivity index (χ1n) is 9.09. The van der Waals surface area contributed by atoms with Crippen molar-refractivity contribution in [1.82, 2.24) is 0 Å². The highest BCUT2D eigenvalue weighted by molar-refractivity contribution is 6.37. The van der Waals surface area contributed by atoms with Crippen LogP contribution in [0.15, 0.2) is 36.4 Å². The molecule has 0 fully saturated rings. The lowest BCUT2D eigenvalue weighted by molar-refractivity contribution is 0.125. The summed E-state index contributed by atoms with van der Waals surface area (Å²) in [6.07, 6.45) is 0.0381. The third-order valence-electron chi connectivity index (χ3n) is 4.51. The maximum atomic E-state index is 9.56. The van der Waals surface area contributed by atoms with Gasteiger partial charge in [-0.1, -0.05) is 49.2 Å². The van der Waals surface area contributed by atoms with Crippen molar-refractivity contribution in [3.05, 3.63) is 57.6 Å². The number of benzene rings is 2. The second-order valence-corrected chi connectivity index (χ2v) is 8.15. The standard InChI is InChI=1S/C21H26Cl3NO3/c1-21(2,14-4-6-17(7-5-14)27-9-3-8-25)15-10-18(23)20(19(24)11-15)28-13-16(26)12-22/h4-7,10-11,16,26H,3,8-9,12-13,25H2,1-2H3. The summed E-state index contributed by atoms with van der Waals surface area (Å²) in [5.41, 5.74) is 7.19. The fourth-order valence-corrected chi connectivity index (χ4v) is 3.38. The largest absolute Gasteiger partial charge is 0.494 e. The molecule has 2 aromatic carbocycles. The van der Waals surface area contributed by atoms with Crippen LogP contribution >= 0.6 is 34.8 Å². The van der Waals surface area contributed by atoms with E-state index >= 15 is 0 Å². The molecule has 0 radical (unpaired) electrons. The first-order chi connectivity index (χ1) is 13.3. The Balaban J connectivity index is 2.20. The van der Waals surface area contributed by atoms with Crippen molar-refractivity contribution in [2.24, 2.45) is 5.73 Å². The van der Waals surface area contributed by atoms with E-state index in [1.165, 1.54) is 0 Å². The zero-order valence-electron chi connectivity index (χ0n) is 16.1. The normalized spacial score (nSPS) is 12.7. The van der Waals surface area contributed by atoms with E-state index in [0.717, 1.165) is 23.3 Å². The number of alkyl halides is 1. The second kappa shape index (κ2) is 10.6. The van der Waals surface area contributed by atoms with Gasteiger partial charge in [0.25, 0.3) is 0 Å². The predicted molar refractivity (Wildman–Crippen MR) is 116 cm³/mol. The summed E-state index contributed by atoms with van der Waals surface area (Å²) in [5.74, 6) is 1.23. The van der Waals surface area contributed by atoms with Gasteiger partial charge in [-0.05, 0) is 48.4 Å². The lowest BCUT2D eigenvalue weighted by Crippen LogP contribution is -2.20. The molecule has 0 bridgehead atoms. The van der Waals surface area contributed by atoms with E-state index in [0.29, 0.717) is 28.9 Å². The fourth-order valence-electron chi connectivity index (χ4n) is 2.69. The predicted octanol–water partition coefficient (Wildman–Crippen LogP) is 5.03. The highest BCUT2D eigenvalue weighted by atomic mass is 35.5. The van der Waals surface area contributed by atoms with Gasteiger partial charge in [0.1, 0.15) is 18.5 Å². The van der Waals surface area contributed by atoms with Gasteiger partial charge in [0, 0.05) is 5.41 Å². The molecule has 3 N–H and O–H groups in total. The first-order valence-corrected chi connectivity index (χ1v) is 10.4.